The third-order valence-electron chi connectivity index (χ3n) is 4.53. The molecule has 0 saturated heterocycles. The van der Waals surface area contributed by atoms with Gasteiger partial charge in [-0.1, -0.05) is 61.7 Å². The average Bonchev–Trinajstić information content (AvgIpc) is 3.05. The number of fused-ring (bicyclic) bond motifs is 1. The van der Waals surface area contributed by atoms with E-state index in [2.05, 4.69) is 47.4 Å². The van der Waals surface area contributed by atoms with Crippen LogP contribution in [0.4, 0.5) is 0 Å². The summed E-state index contributed by atoms with van der Waals surface area (Å²) in [6, 6.07) is 14.8. The molecule has 3 aromatic rings. The Kier molecular flexibility index (Phi) is 3.23. The quantitative estimate of drug-likeness (QED) is 0.614. The lowest BCUT2D eigenvalue weighted by Crippen LogP contribution is -2.04. The van der Waals surface area contributed by atoms with Crippen LogP contribution in [0.25, 0.3) is 22.1 Å². The molecule has 1 heterocycles. The van der Waals surface area contributed by atoms with Crippen LogP contribution in [-0.4, -0.2) is 4.98 Å². The molecule has 0 unspecified atom stereocenters. The van der Waals surface area contributed by atoms with Crippen molar-refractivity contribution >= 4 is 10.8 Å². The highest BCUT2D eigenvalue weighted by Crippen LogP contribution is 2.35. The van der Waals surface area contributed by atoms with Crippen molar-refractivity contribution in [3.8, 4) is 11.3 Å². The second-order valence-electron chi connectivity index (χ2n) is 5.92. The Morgan fingerprint density at radius 1 is 0.905 bits per heavy atom. The first kappa shape index (κ1) is 12.6. The highest BCUT2D eigenvalue weighted by Gasteiger charge is 2.21. The summed E-state index contributed by atoms with van der Waals surface area (Å²) in [4.78, 5) is 4.56. The molecule has 0 spiro atoms. The molecule has 106 valence electrons. The van der Waals surface area contributed by atoms with Gasteiger partial charge in [0.1, 0.15) is 0 Å². The fourth-order valence-electron chi connectivity index (χ4n) is 3.39. The van der Waals surface area contributed by atoms with Gasteiger partial charge in [-0.2, -0.15) is 0 Å². The minimum Gasteiger partial charge on any atom is -0.440 e. The van der Waals surface area contributed by atoms with E-state index in [4.69, 9.17) is 4.42 Å². The lowest BCUT2D eigenvalue weighted by molar-refractivity contribution is 0.367. The summed E-state index contributed by atoms with van der Waals surface area (Å²) < 4.78 is 6.11. The second kappa shape index (κ2) is 5.36. The molecule has 0 atom stereocenters. The maximum absolute atomic E-state index is 6.11. The SMILES string of the molecule is c1ccc2c(-c3cnc(C4CCCCC4)o3)cccc2c1. The number of hydrogen-bond acceptors (Lipinski definition) is 2. The fourth-order valence-corrected chi connectivity index (χ4v) is 3.39. The Morgan fingerprint density at radius 2 is 1.71 bits per heavy atom. The highest BCUT2D eigenvalue weighted by atomic mass is 16.4. The minimum atomic E-state index is 0.516. The van der Waals surface area contributed by atoms with E-state index in [0.717, 1.165) is 17.2 Å². The van der Waals surface area contributed by atoms with E-state index in [1.807, 2.05) is 6.20 Å². The second-order valence-corrected chi connectivity index (χ2v) is 5.92. The summed E-state index contributed by atoms with van der Waals surface area (Å²) in [5, 5.41) is 2.47. The molecule has 1 aromatic heterocycles. The Labute approximate surface area is 124 Å². The lowest BCUT2D eigenvalue weighted by atomic mass is 9.89. The van der Waals surface area contributed by atoms with Gasteiger partial charge >= 0.3 is 0 Å². The van der Waals surface area contributed by atoms with Crippen molar-refractivity contribution in [3.05, 3.63) is 54.6 Å². The van der Waals surface area contributed by atoms with Gasteiger partial charge in [-0.3, -0.25) is 0 Å². The average molecular weight is 277 g/mol. The largest absolute Gasteiger partial charge is 0.440 e. The summed E-state index contributed by atoms with van der Waals surface area (Å²) in [5.41, 5.74) is 1.14. The van der Waals surface area contributed by atoms with E-state index in [9.17, 15) is 0 Å². The zero-order chi connectivity index (χ0) is 14.1. The zero-order valence-corrected chi connectivity index (χ0v) is 12.1. The van der Waals surface area contributed by atoms with Crippen LogP contribution in [0.1, 0.15) is 43.9 Å². The van der Waals surface area contributed by atoms with Gasteiger partial charge in [0.15, 0.2) is 11.7 Å². The van der Waals surface area contributed by atoms with Crippen molar-refractivity contribution in [3.63, 3.8) is 0 Å². The van der Waals surface area contributed by atoms with Crippen LogP contribution in [0, 0.1) is 0 Å². The van der Waals surface area contributed by atoms with Gasteiger partial charge in [-0.15, -0.1) is 0 Å². The highest BCUT2D eigenvalue weighted by molar-refractivity contribution is 5.95. The van der Waals surface area contributed by atoms with Gasteiger partial charge in [0.05, 0.1) is 6.20 Å². The van der Waals surface area contributed by atoms with E-state index < -0.39 is 0 Å². The summed E-state index contributed by atoms with van der Waals surface area (Å²) in [5.74, 6) is 2.34. The van der Waals surface area contributed by atoms with Crippen molar-refractivity contribution in [2.75, 3.05) is 0 Å². The molecule has 0 bridgehead atoms. The molecule has 21 heavy (non-hydrogen) atoms. The number of nitrogens with zero attached hydrogens (tertiary/aromatic N) is 1. The number of benzene rings is 2. The molecule has 2 heteroatoms. The molecule has 1 fully saturated rings. The van der Waals surface area contributed by atoms with Crippen LogP contribution in [0.15, 0.2) is 53.1 Å². The Hall–Kier alpha value is -2.09. The number of hydrogen-bond donors (Lipinski definition) is 0. The first-order valence-corrected chi connectivity index (χ1v) is 7.86. The Morgan fingerprint density at radius 3 is 2.62 bits per heavy atom. The van der Waals surface area contributed by atoms with Crippen molar-refractivity contribution in [2.45, 2.75) is 38.0 Å². The zero-order valence-electron chi connectivity index (χ0n) is 12.1. The van der Waals surface area contributed by atoms with E-state index in [-0.39, 0.29) is 0 Å². The van der Waals surface area contributed by atoms with Crippen molar-refractivity contribution < 1.29 is 4.42 Å². The lowest BCUT2D eigenvalue weighted by Gasteiger charge is -2.18. The molecule has 1 aliphatic carbocycles. The maximum atomic E-state index is 6.11. The van der Waals surface area contributed by atoms with Gasteiger partial charge in [-0.05, 0) is 23.6 Å². The molecule has 1 aliphatic rings. The molecule has 4 rings (SSSR count). The summed E-state index contributed by atoms with van der Waals surface area (Å²) >= 11 is 0. The Balaban J connectivity index is 1.74. The van der Waals surface area contributed by atoms with Crippen LogP contribution < -0.4 is 0 Å². The summed E-state index contributed by atoms with van der Waals surface area (Å²) in [7, 11) is 0. The molecule has 0 radical (unpaired) electrons. The first-order chi connectivity index (χ1) is 10.4. The molecule has 0 aliphatic heterocycles. The standard InChI is InChI=1S/C19H19NO/c1-2-8-15(9-3-1)19-20-13-18(21-19)17-12-6-10-14-7-4-5-11-16(14)17/h4-7,10-13,15H,1-3,8-9H2. The molecule has 0 N–H and O–H groups in total. The van der Waals surface area contributed by atoms with Gasteiger partial charge < -0.3 is 4.42 Å². The molecule has 2 nitrogen and oxygen atoms in total. The topological polar surface area (TPSA) is 26.0 Å². The van der Waals surface area contributed by atoms with Gasteiger partial charge in [0, 0.05) is 11.5 Å². The first-order valence-electron chi connectivity index (χ1n) is 7.86. The molecule has 1 saturated carbocycles. The van der Waals surface area contributed by atoms with E-state index in [1.54, 1.807) is 0 Å². The predicted octanol–water partition coefficient (Wildman–Crippen LogP) is 5.54. The Bertz CT molecular complexity index is 748. The van der Waals surface area contributed by atoms with Crippen molar-refractivity contribution in [1.82, 2.24) is 4.98 Å². The smallest absolute Gasteiger partial charge is 0.198 e. The van der Waals surface area contributed by atoms with Crippen LogP contribution in [-0.2, 0) is 0 Å². The van der Waals surface area contributed by atoms with Gasteiger partial charge in [0.2, 0.25) is 0 Å². The minimum absolute atomic E-state index is 0.516. The van der Waals surface area contributed by atoms with E-state index in [0.29, 0.717) is 5.92 Å². The number of oxazole rings is 1. The fraction of sp³-hybridized carbons (Fsp3) is 0.316. The third kappa shape index (κ3) is 2.35. The van der Waals surface area contributed by atoms with Crippen LogP contribution in [0.3, 0.4) is 0 Å². The van der Waals surface area contributed by atoms with Gasteiger partial charge in [0.25, 0.3) is 0 Å². The van der Waals surface area contributed by atoms with Crippen molar-refractivity contribution in [2.24, 2.45) is 0 Å². The van der Waals surface area contributed by atoms with E-state index >= 15 is 0 Å². The monoisotopic (exact) mass is 277 g/mol. The number of rotatable bonds is 2. The van der Waals surface area contributed by atoms with E-state index in [1.165, 1.54) is 42.9 Å². The van der Waals surface area contributed by atoms with Crippen LogP contribution in [0.2, 0.25) is 0 Å². The molecular weight excluding hydrogens is 258 g/mol. The molecular formula is C19H19NO. The third-order valence-corrected chi connectivity index (χ3v) is 4.53. The van der Waals surface area contributed by atoms with Crippen molar-refractivity contribution in [1.29, 1.82) is 0 Å². The summed E-state index contributed by atoms with van der Waals surface area (Å²) in [6.07, 6.45) is 8.29. The summed E-state index contributed by atoms with van der Waals surface area (Å²) in [6.45, 7) is 0. The molecule has 0 amide bonds. The van der Waals surface area contributed by atoms with Crippen LogP contribution in [0.5, 0.6) is 0 Å². The predicted molar refractivity (Wildman–Crippen MR) is 85.3 cm³/mol. The normalized spacial score (nSPS) is 16.4. The number of aromatic nitrogens is 1. The van der Waals surface area contributed by atoms with Crippen LogP contribution >= 0.6 is 0 Å². The van der Waals surface area contributed by atoms with Gasteiger partial charge in [-0.25, -0.2) is 4.98 Å². The maximum Gasteiger partial charge on any atom is 0.198 e. The molecule has 2 aromatic carbocycles.